The smallest absolute Gasteiger partial charge is 0.244 e. The van der Waals surface area contributed by atoms with Crippen LogP contribution >= 0.6 is 11.8 Å². The van der Waals surface area contributed by atoms with Crippen molar-refractivity contribution in [3.05, 3.63) is 71.8 Å². The first-order chi connectivity index (χ1) is 12.1. The Kier molecular flexibility index (Phi) is 5.61. The molecule has 0 saturated heterocycles. The quantitative estimate of drug-likeness (QED) is 0.587. The number of amides is 1. The van der Waals surface area contributed by atoms with Gasteiger partial charge in [0.15, 0.2) is 0 Å². The second kappa shape index (κ2) is 7.89. The molecule has 2 aromatic rings. The molecule has 2 N–H and O–H groups in total. The van der Waals surface area contributed by atoms with E-state index in [-0.39, 0.29) is 18.4 Å². The van der Waals surface area contributed by atoms with Crippen molar-refractivity contribution in [1.29, 1.82) is 0 Å². The van der Waals surface area contributed by atoms with Gasteiger partial charge in [-0.1, -0.05) is 42.5 Å². The third-order valence-corrected chi connectivity index (χ3v) is 5.35. The molecule has 0 unspecified atom stereocenters. The summed E-state index contributed by atoms with van der Waals surface area (Å²) in [6, 6.07) is 17.7. The molecule has 0 spiro atoms. The number of carbonyl (C=O) groups excluding carboxylic acids is 1. The van der Waals surface area contributed by atoms with Crippen LogP contribution in [0.4, 0.5) is 0 Å². The monoisotopic (exact) mass is 353 g/mol. The summed E-state index contributed by atoms with van der Waals surface area (Å²) >= 11 is 1.69. The van der Waals surface area contributed by atoms with E-state index in [4.69, 9.17) is 0 Å². The van der Waals surface area contributed by atoms with Gasteiger partial charge in [-0.2, -0.15) is 0 Å². The second-order valence-electron chi connectivity index (χ2n) is 6.39. The van der Waals surface area contributed by atoms with Gasteiger partial charge in [0, 0.05) is 11.0 Å². The number of aliphatic hydroxyl groups is 1. The molecule has 1 atom stereocenters. The van der Waals surface area contributed by atoms with E-state index in [9.17, 15) is 9.90 Å². The van der Waals surface area contributed by atoms with Gasteiger partial charge in [-0.25, -0.2) is 0 Å². The van der Waals surface area contributed by atoms with Crippen molar-refractivity contribution in [1.82, 2.24) is 5.32 Å². The lowest BCUT2D eigenvalue weighted by Gasteiger charge is -2.29. The summed E-state index contributed by atoms with van der Waals surface area (Å²) in [5.74, 6) is 0.0298. The van der Waals surface area contributed by atoms with Crippen LogP contribution in [-0.4, -0.2) is 23.8 Å². The Morgan fingerprint density at radius 2 is 1.88 bits per heavy atom. The summed E-state index contributed by atoms with van der Waals surface area (Å²) in [6.45, 7) is 0.232. The first-order valence-corrected chi connectivity index (χ1v) is 9.72. The molecule has 0 bridgehead atoms. The number of rotatable bonds is 7. The van der Waals surface area contributed by atoms with E-state index in [1.807, 2.05) is 60.9 Å². The lowest BCUT2D eigenvalue weighted by atomic mass is 9.88. The fourth-order valence-electron chi connectivity index (χ4n) is 2.94. The number of thioether (sulfide) groups is 1. The van der Waals surface area contributed by atoms with Gasteiger partial charge in [-0.05, 0) is 54.4 Å². The molecule has 4 heteroatoms. The van der Waals surface area contributed by atoms with Crippen molar-refractivity contribution in [2.75, 3.05) is 12.8 Å². The highest BCUT2D eigenvalue weighted by atomic mass is 32.2. The Labute approximate surface area is 153 Å². The molecule has 130 valence electrons. The number of carbonyl (C=O) groups is 1. The zero-order valence-corrected chi connectivity index (χ0v) is 15.1. The predicted molar refractivity (Wildman–Crippen MR) is 103 cm³/mol. The van der Waals surface area contributed by atoms with Gasteiger partial charge in [0.05, 0.1) is 6.54 Å². The van der Waals surface area contributed by atoms with Crippen LogP contribution in [0.3, 0.4) is 0 Å². The Bertz CT molecular complexity index is 738. The molecule has 3 nitrogen and oxygen atoms in total. The third-order valence-electron chi connectivity index (χ3n) is 4.60. The highest BCUT2D eigenvalue weighted by molar-refractivity contribution is 7.98. The van der Waals surface area contributed by atoms with Crippen molar-refractivity contribution in [2.24, 2.45) is 5.92 Å². The molecule has 0 aromatic heterocycles. The molecule has 1 fully saturated rings. The van der Waals surface area contributed by atoms with Crippen LogP contribution < -0.4 is 5.32 Å². The van der Waals surface area contributed by atoms with E-state index >= 15 is 0 Å². The van der Waals surface area contributed by atoms with E-state index in [1.165, 1.54) is 11.0 Å². The van der Waals surface area contributed by atoms with Crippen LogP contribution in [0, 0.1) is 5.92 Å². The summed E-state index contributed by atoms with van der Waals surface area (Å²) in [7, 11) is 0. The van der Waals surface area contributed by atoms with Crippen molar-refractivity contribution >= 4 is 23.7 Å². The predicted octanol–water partition coefficient (Wildman–Crippen LogP) is 3.84. The largest absolute Gasteiger partial charge is 0.383 e. The molecule has 1 amide bonds. The van der Waals surface area contributed by atoms with Crippen LogP contribution in [0.5, 0.6) is 0 Å². The fourth-order valence-corrected chi connectivity index (χ4v) is 3.35. The Balaban J connectivity index is 1.61. The Hall–Kier alpha value is -2.04. The molecule has 0 aliphatic heterocycles. The van der Waals surface area contributed by atoms with E-state index in [0.29, 0.717) is 0 Å². The van der Waals surface area contributed by atoms with Gasteiger partial charge in [0.1, 0.15) is 5.60 Å². The zero-order valence-electron chi connectivity index (χ0n) is 14.3. The van der Waals surface area contributed by atoms with Crippen molar-refractivity contribution in [2.45, 2.75) is 23.3 Å². The van der Waals surface area contributed by atoms with Gasteiger partial charge < -0.3 is 10.4 Å². The van der Waals surface area contributed by atoms with Gasteiger partial charge in [-0.3, -0.25) is 4.79 Å². The van der Waals surface area contributed by atoms with Crippen LogP contribution in [0.15, 0.2) is 65.6 Å². The van der Waals surface area contributed by atoms with E-state index in [1.54, 1.807) is 17.8 Å². The number of nitrogens with one attached hydrogen (secondary N) is 1. The molecule has 2 aromatic carbocycles. The second-order valence-corrected chi connectivity index (χ2v) is 7.27. The maximum atomic E-state index is 12.1. The summed E-state index contributed by atoms with van der Waals surface area (Å²) < 4.78 is 0. The first kappa shape index (κ1) is 17.8. The van der Waals surface area contributed by atoms with Crippen molar-refractivity contribution < 1.29 is 9.90 Å². The van der Waals surface area contributed by atoms with Gasteiger partial charge in [0.25, 0.3) is 0 Å². The topological polar surface area (TPSA) is 49.3 Å². The normalized spacial score (nSPS) is 16.6. The summed E-state index contributed by atoms with van der Waals surface area (Å²) in [5.41, 5.74) is 0.869. The average molecular weight is 353 g/mol. The van der Waals surface area contributed by atoms with Crippen molar-refractivity contribution in [3.8, 4) is 0 Å². The number of hydrogen-bond donors (Lipinski definition) is 2. The number of hydrogen-bond acceptors (Lipinski definition) is 3. The van der Waals surface area contributed by atoms with Gasteiger partial charge >= 0.3 is 0 Å². The lowest BCUT2D eigenvalue weighted by molar-refractivity contribution is -0.118. The van der Waals surface area contributed by atoms with Crippen LogP contribution in [-0.2, 0) is 10.4 Å². The molecular weight excluding hydrogens is 330 g/mol. The minimum atomic E-state index is -0.981. The minimum absolute atomic E-state index is 0.191. The molecule has 0 radical (unpaired) electrons. The maximum absolute atomic E-state index is 12.1. The third kappa shape index (κ3) is 4.53. The molecular formula is C21H23NO2S. The Morgan fingerprint density at radius 1 is 1.20 bits per heavy atom. The number of benzene rings is 2. The van der Waals surface area contributed by atoms with Crippen LogP contribution in [0.1, 0.15) is 24.0 Å². The summed E-state index contributed by atoms with van der Waals surface area (Å²) in [5, 5.41) is 13.9. The average Bonchev–Trinajstić information content (AvgIpc) is 3.51. The zero-order chi connectivity index (χ0) is 17.7. The minimum Gasteiger partial charge on any atom is -0.383 e. The summed E-state index contributed by atoms with van der Waals surface area (Å²) in [6.07, 6.45) is 7.34. The molecule has 0 heterocycles. The fraction of sp³-hybridized carbons (Fsp3) is 0.286. The lowest BCUT2D eigenvalue weighted by Crippen LogP contribution is -2.42. The van der Waals surface area contributed by atoms with Gasteiger partial charge in [0.2, 0.25) is 5.91 Å². The van der Waals surface area contributed by atoms with Crippen molar-refractivity contribution in [3.63, 3.8) is 0 Å². The molecule has 3 rings (SSSR count). The first-order valence-electron chi connectivity index (χ1n) is 8.50. The van der Waals surface area contributed by atoms with Crippen LogP contribution in [0.2, 0.25) is 0 Å². The molecule has 1 saturated carbocycles. The van der Waals surface area contributed by atoms with Gasteiger partial charge in [-0.15, -0.1) is 11.8 Å². The molecule has 1 aliphatic rings. The van der Waals surface area contributed by atoms with E-state index < -0.39 is 5.60 Å². The summed E-state index contributed by atoms with van der Waals surface area (Å²) in [4.78, 5) is 13.3. The van der Waals surface area contributed by atoms with E-state index in [2.05, 4.69) is 5.32 Å². The maximum Gasteiger partial charge on any atom is 0.244 e. The van der Waals surface area contributed by atoms with Crippen LogP contribution in [0.25, 0.3) is 6.08 Å². The Morgan fingerprint density at radius 3 is 2.48 bits per heavy atom. The SMILES string of the molecule is CSc1ccc(/C=C/C(=O)NC[C@@](O)(c2ccccc2)C2CC2)cc1. The highest BCUT2D eigenvalue weighted by Gasteiger charge is 2.45. The molecule has 25 heavy (non-hydrogen) atoms. The van der Waals surface area contributed by atoms with E-state index in [0.717, 1.165) is 24.0 Å². The highest BCUT2D eigenvalue weighted by Crippen LogP contribution is 2.45. The standard InChI is InChI=1S/C21H23NO2S/c1-25-19-12-7-16(8-13-19)9-14-20(23)22-15-21(24,18-10-11-18)17-5-3-2-4-6-17/h2-9,12-14,18,24H,10-11,15H2,1H3,(H,22,23)/b14-9+/t21-/m1/s1. The molecule has 1 aliphatic carbocycles.